The summed E-state index contributed by atoms with van der Waals surface area (Å²) in [5.74, 6) is -0.206. The molecule has 1 atom stereocenters. The second kappa shape index (κ2) is 6.07. The van der Waals surface area contributed by atoms with E-state index in [-0.39, 0.29) is 11.5 Å². The van der Waals surface area contributed by atoms with Crippen LogP contribution in [0.3, 0.4) is 0 Å². The Morgan fingerprint density at radius 1 is 1.44 bits per heavy atom. The third-order valence-electron chi connectivity index (χ3n) is 2.54. The van der Waals surface area contributed by atoms with Crippen molar-refractivity contribution < 1.29 is 14.8 Å². The van der Waals surface area contributed by atoms with Crippen LogP contribution in [-0.4, -0.2) is 15.8 Å². The van der Waals surface area contributed by atoms with Crippen molar-refractivity contribution in [3.8, 4) is 0 Å². The predicted octanol–water partition coefficient (Wildman–Crippen LogP) is 2.55. The van der Waals surface area contributed by atoms with E-state index in [0.717, 1.165) is 0 Å². The standard InChI is InChI=1S/C13H15NO4/c1-3-4-12(9(2)15)13(16)10-5-7-11(8-6-10)14(17)18/h4-8,13,16H,3H2,1-2H3/b12-4+. The lowest BCUT2D eigenvalue weighted by molar-refractivity contribution is -0.384. The number of ketones is 1. The number of nitro benzene ring substituents is 1. The Morgan fingerprint density at radius 2 is 2.00 bits per heavy atom. The van der Waals surface area contributed by atoms with Crippen LogP contribution in [0, 0.1) is 10.1 Å². The van der Waals surface area contributed by atoms with Gasteiger partial charge in [0, 0.05) is 17.7 Å². The zero-order valence-electron chi connectivity index (χ0n) is 10.3. The van der Waals surface area contributed by atoms with Crippen molar-refractivity contribution >= 4 is 11.5 Å². The van der Waals surface area contributed by atoms with E-state index in [4.69, 9.17) is 0 Å². The number of Topliss-reactive ketones (excluding diaryl/α,β-unsaturated/α-hetero) is 1. The van der Waals surface area contributed by atoms with E-state index >= 15 is 0 Å². The first kappa shape index (κ1) is 14.1. The quantitative estimate of drug-likeness (QED) is 0.494. The Morgan fingerprint density at radius 3 is 2.39 bits per heavy atom. The molecule has 0 aliphatic carbocycles. The molecular formula is C13H15NO4. The molecule has 5 nitrogen and oxygen atoms in total. The highest BCUT2D eigenvalue weighted by Gasteiger charge is 2.17. The maximum absolute atomic E-state index is 11.4. The van der Waals surface area contributed by atoms with Gasteiger partial charge in [-0.2, -0.15) is 0 Å². The zero-order chi connectivity index (χ0) is 13.7. The number of non-ortho nitro benzene ring substituents is 1. The summed E-state index contributed by atoms with van der Waals surface area (Å²) in [6.07, 6.45) is 1.26. The largest absolute Gasteiger partial charge is 0.384 e. The summed E-state index contributed by atoms with van der Waals surface area (Å²) in [6, 6.07) is 5.52. The summed E-state index contributed by atoms with van der Waals surface area (Å²) in [6.45, 7) is 3.25. The molecule has 0 saturated heterocycles. The minimum atomic E-state index is -1.04. The number of hydrogen-bond acceptors (Lipinski definition) is 4. The van der Waals surface area contributed by atoms with Crippen molar-refractivity contribution in [3.05, 3.63) is 51.6 Å². The van der Waals surface area contributed by atoms with Gasteiger partial charge in [-0.15, -0.1) is 0 Å². The van der Waals surface area contributed by atoms with Crippen LogP contribution in [0.25, 0.3) is 0 Å². The SMILES string of the molecule is CC/C=C(\C(C)=O)C(O)c1ccc([N+](=O)[O-])cc1. The molecule has 1 rings (SSSR count). The summed E-state index contributed by atoms with van der Waals surface area (Å²) < 4.78 is 0. The van der Waals surface area contributed by atoms with Crippen LogP contribution in [0.5, 0.6) is 0 Å². The summed E-state index contributed by atoms with van der Waals surface area (Å²) in [5.41, 5.74) is 0.733. The Labute approximate surface area is 105 Å². The molecule has 0 aliphatic rings. The summed E-state index contributed by atoms with van der Waals surface area (Å²) in [4.78, 5) is 21.4. The van der Waals surface area contributed by atoms with Crippen molar-refractivity contribution in [3.63, 3.8) is 0 Å². The van der Waals surface area contributed by atoms with E-state index < -0.39 is 11.0 Å². The molecular weight excluding hydrogens is 234 g/mol. The van der Waals surface area contributed by atoms with Crippen molar-refractivity contribution in [2.45, 2.75) is 26.4 Å². The average Bonchev–Trinajstić information content (AvgIpc) is 2.35. The molecule has 1 aromatic carbocycles. The number of rotatable bonds is 5. The van der Waals surface area contributed by atoms with Gasteiger partial charge >= 0.3 is 0 Å². The number of aliphatic hydroxyl groups is 1. The molecule has 0 amide bonds. The van der Waals surface area contributed by atoms with Gasteiger partial charge < -0.3 is 5.11 Å². The average molecular weight is 249 g/mol. The molecule has 1 unspecified atom stereocenters. The van der Waals surface area contributed by atoms with Crippen LogP contribution in [-0.2, 0) is 4.79 Å². The lowest BCUT2D eigenvalue weighted by Crippen LogP contribution is -2.08. The van der Waals surface area contributed by atoms with Crippen molar-refractivity contribution in [2.75, 3.05) is 0 Å². The third kappa shape index (κ3) is 3.24. The fraction of sp³-hybridized carbons (Fsp3) is 0.308. The van der Waals surface area contributed by atoms with E-state index in [1.54, 1.807) is 6.08 Å². The Hall–Kier alpha value is -2.01. The predicted molar refractivity (Wildman–Crippen MR) is 67.1 cm³/mol. The van der Waals surface area contributed by atoms with Gasteiger partial charge in [-0.1, -0.05) is 13.0 Å². The van der Waals surface area contributed by atoms with E-state index in [9.17, 15) is 20.0 Å². The molecule has 0 radical (unpaired) electrons. The molecule has 0 heterocycles. The molecule has 0 saturated carbocycles. The molecule has 0 fully saturated rings. The van der Waals surface area contributed by atoms with Crippen LogP contribution in [0.4, 0.5) is 5.69 Å². The topological polar surface area (TPSA) is 80.4 Å². The third-order valence-corrected chi connectivity index (χ3v) is 2.54. The van der Waals surface area contributed by atoms with Gasteiger partial charge in [-0.3, -0.25) is 14.9 Å². The monoisotopic (exact) mass is 249 g/mol. The fourth-order valence-electron chi connectivity index (χ4n) is 1.63. The summed E-state index contributed by atoms with van der Waals surface area (Å²) in [7, 11) is 0. The lowest BCUT2D eigenvalue weighted by atomic mass is 9.98. The first-order valence-electron chi connectivity index (χ1n) is 5.60. The smallest absolute Gasteiger partial charge is 0.269 e. The second-order valence-corrected chi connectivity index (χ2v) is 3.88. The van der Waals surface area contributed by atoms with Crippen LogP contribution in [0.1, 0.15) is 31.9 Å². The van der Waals surface area contributed by atoms with Gasteiger partial charge in [0.1, 0.15) is 6.10 Å². The number of carbonyl (C=O) groups is 1. The maximum Gasteiger partial charge on any atom is 0.269 e. The number of benzene rings is 1. The van der Waals surface area contributed by atoms with Gasteiger partial charge in [0.2, 0.25) is 0 Å². The van der Waals surface area contributed by atoms with E-state index in [2.05, 4.69) is 0 Å². The molecule has 96 valence electrons. The molecule has 1 N–H and O–H groups in total. The zero-order valence-corrected chi connectivity index (χ0v) is 10.3. The lowest BCUT2D eigenvalue weighted by Gasteiger charge is -2.12. The number of aliphatic hydroxyl groups excluding tert-OH is 1. The Kier molecular flexibility index (Phi) is 4.74. The molecule has 18 heavy (non-hydrogen) atoms. The first-order valence-corrected chi connectivity index (χ1v) is 5.60. The van der Waals surface area contributed by atoms with E-state index in [1.807, 2.05) is 6.92 Å². The number of hydrogen-bond donors (Lipinski definition) is 1. The summed E-state index contributed by atoms with van der Waals surface area (Å²) in [5, 5.41) is 20.6. The van der Waals surface area contributed by atoms with Crippen molar-refractivity contribution in [2.24, 2.45) is 0 Å². The summed E-state index contributed by atoms with van der Waals surface area (Å²) >= 11 is 0. The highest BCUT2D eigenvalue weighted by molar-refractivity contribution is 5.94. The van der Waals surface area contributed by atoms with Crippen LogP contribution in [0.15, 0.2) is 35.9 Å². The van der Waals surface area contributed by atoms with Crippen LogP contribution in [0.2, 0.25) is 0 Å². The fourth-order valence-corrected chi connectivity index (χ4v) is 1.63. The molecule has 0 bridgehead atoms. The van der Waals surface area contributed by atoms with Crippen molar-refractivity contribution in [1.82, 2.24) is 0 Å². The minimum absolute atomic E-state index is 0.0465. The van der Waals surface area contributed by atoms with Gasteiger partial charge in [0.15, 0.2) is 5.78 Å². The molecule has 0 aliphatic heterocycles. The van der Waals surface area contributed by atoms with Crippen LogP contribution >= 0.6 is 0 Å². The Balaban J connectivity index is 3.02. The number of nitro groups is 1. The van der Waals surface area contributed by atoms with Gasteiger partial charge in [-0.25, -0.2) is 0 Å². The van der Waals surface area contributed by atoms with Gasteiger partial charge in [0.05, 0.1) is 4.92 Å². The highest BCUT2D eigenvalue weighted by atomic mass is 16.6. The molecule has 0 aromatic heterocycles. The normalized spacial score (nSPS) is 13.2. The van der Waals surface area contributed by atoms with Gasteiger partial charge in [-0.05, 0) is 31.0 Å². The molecule has 0 spiro atoms. The number of carbonyl (C=O) groups excluding carboxylic acids is 1. The molecule has 1 aromatic rings. The maximum atomic E-state index is 11.4. The van der Waals surface area contributed by atoms with E-state index in [1.165, 1.54) is 31.2 Å². The Bertz CT molecular complexity index is 476. The number of nitrogens with zero attached hydrogens (tertiary/aromatic N) is 1. The first-order chi connectivity index (χ1) is 8.47. The highest BCUT2D eigenvalue weighted by Crippen LogP contribution is 2.24. The van der Waals surface area contributed by atoms with Crippen LogP contribution < -0.4 is 0 Å². The second-order valence-electron chi connectivity index (χ2n) is 3.88. The number of allylic oxidation sites excluding steroid dienone is 1. The minimum Gasteiger partial charge on any atom is -0.384 e. The van der Waals surface area contributed by atoms with E-state index in [0.29, 0.717) is 17.6 Å². The molecule has 5 heteroatoms. The van der Waals surface area contributed by atoms with Gasteiger partial charge in [0.25, 0.3) is 5.69 Å². The van der Waals surface area contributed by atoms with Crippen molar-refractivity contribution in [1.29, 1.82) is 0 Å².